The van der Waals surface area contributed by atoms with Gasteiger partial charge in [0.15, 0.2) is 6.61 Å². The molecule has 0 saturated carbocycles. The van der Waals surface area contributed by atoms with E-state index in [-0.39, 0.29) is 24.2 Å². The second kappa shape index (κ2) is 7.98. The molecule has 0 spiro atoms. The predicted molar refractivity (Wildman–Crippen MR) is 75.1 cm³/mol. The molecule has 1 aromatic heterocycles. The van der Waals surface area contributed by atoms with Gasteiger partial charge in [-0.25, -0.2) is 4.98 Å². The number of rotatable bonds is 7. The lowest BCUT2D eigenvalue weighted by Crippen LogP contribution is -2.44. The van der Waals surface area contributed by atoms with E-state index in [4.69, 9.17) is 5.73 Å². The molecule has 22 heavy (non-hydrogen) atoms. The maximum atomic E-state index is 12.2. The second-order valence-corrected chi connectivity index (χ2v) is 5.00. The van der Waals surface area contributed by atoms with Gasteiger partial charge in [-0.05, 0) is 12.0 Å². The Morgan fingerprint density at radius 1 is 1.50 bits per heavy atom. The number of nitrogens with two attached hydrogens (primary N) is 1. The average Bonchev–Trinajstić information content (AvgIpc) is 2.48. The van der Waals surface area contributed by atoms with Crippen molar-refractivity contribution in [2.24, 2.45) is 11.7 Å². The van der Waals surface area contributed by atoms with Crippen LogP contribution < -0.4 is 15.8 Å². The maximum Gasteiger partial charge on any atom is 0.422 e. The highest BCUT2D eigenvalue weighted by Gasteiger charge is 2.29. The van der Waals surface area contributed by atoms with Gasteiger partial charge in [-0.2, -0.15) is 13.2 Å². The molecule has 2 unspecified atom stereocenters. The lowest BCUT2D eigenvalue weighted by atomic mass is 9.99. The van der Waals surface area contributed by atoms with Crippen LogP contribution in [0.15, 0.2) is 18.3 Å². The lowest BCUT2D eigenvalue weighted by molar-refractivity contribution is -0.154. The minimum atomic E-state index is -4.45. The summed E-state index contributed by atoms with van der Waals surface area (Å²) < 4.78 is 41.2. The van der Waals surface area contributed by atoms with Crippen molar-refractivity contribution >= 4 is 5.91 Å². The third-order valence-corrected chi connectivity index (χ3v) is 3.24. The molecular formula is C14H20F3N3O2. The van der Waals surface area contributed by atoms with E-state index in [1.165, 1.54) is 12.3 Å². The average molecular weight is 319 g/mol. The normalized spacial score (nSPS) is 14.3. The number of hydrogen-bond donors (Lipinski definition) is 2. The standard InChI is InChI=1S/C14H20F3N3O2/c1-3-9(2)11(18)12(21)20-7-10-5-4-6-19-13(10)22-8-14(15,16)17/h4-6,9,11H,3,7-8,18H2,1-2H3,(H,20,21). The Kier molecular flexibility index (Phi) is 6.61. The third-order valence-electron chi connectivity index (χ3n) is 3.24. The number of hydrogen-bond acceptors (Lipinski definition) is 4. The first kappa shape index (κ1) is 18.2. The van der Waals surface area contributed by atoms with Crippen molar-refractivity contribution in [1.29, 1.82) is 0 Å². The van der Waals surface area contributed by atoms with Crippen molar-refractivity contribution in [1.82, 2.24) is 10.3 Å². The third kappa shape index (κ3) is 5.88. The van der Waals surface area contributed by atoms with Crippen LogP contribution in [-0.2, 0) is 11.3 Å². The van der Waals surface area contributed by atoms with Crippen molar-refractivity contribution in [3.63, 3.8) is 0 Å². The number of carbonyl (C=O) groups excluding carboxylic acids is 1. The number of aromatic nitrogens is 1. The molecule has 0 radical (unpaired) electrons. The van der Waals surface area contributed by atoms with E-state index in [0.29, 0.717) is 5.56 Å². The van der Waals surface area contributed by atoms with E-state index >= 15 is 0 Å². The lowest BCUT2D eigenvalue weighted by Gasteiger charge is -2.18. The van der Waals surface area contributed by atoms with Crippen LogP contribution in [0.1, 0.15) is 25.8 Å². The summed E-state index contributed by atoms with van der Waals surface area (Å²) in [4.78, 5) is 15.6. The van der Waals surface area contributed by atoms with Crippen molar-refractivity contribution < 1.29 is 22.7 Å². The highest BCUT2D eigenvalue weighted by Crippen LogP contribution is 2.19. The van der Waals surface area contributed by atoms with Gasteiger partial charge in [0.2, 0.25) is 11.8 Å². The Bertz CT molecular complexity index is 494. The quantitative estimate of drug-likeness (QED) is 0.806. The summed E-state index contributed by atoms with van der Waals surface area (Å²) in [5, 5.41) is 2.59. The molecule has 0 aliphatic carbocycles. The Labute approximate surface area is 127 Å². The summed E-state index contributed by atoms with van der Waals surface area (Å²) in [5.74, 6) is -0.507. The van der Waals surface area contributed by atoms with Crippen molar-refractivity contribution in [2.75, 3.05) is 6.61 Å². The number of pyridine rings is 1. The summed E-state index contributed by atoms with van der Waals surface area (Å²) in [5.41, 5.74) is 6.14. The van der Waals surface area contributed by atoms with Crippen LogP contribution in [0.2, 0.25) is 0 Å². The first-order valence-electron chi connectivity index (χ1n) is 6.91. The van der Waals surface area contributed by atoms with Crippen LogP contribution in [0.25, 0.3) is 0 Å². The SMILES string of the molecule is CCC(C)C(N)C(=O)NCc1cccnc1OCC(F)(F)F. The number of amides is 1. The van der Waals surface area contributed by atoms with E-state index in [1.807, 2.05) is 13.8 Å². The summed E-state index contributed by atoms with van der Waals surface area (Å²) in [6.07, 6.45) is -2.37. The van der Waals surface area contributed by atoms with E-state index in [0.717, 1.165) is 6.42 Å². The van der Waals surface area contributed by atoms with Crippen LogP contribution in [0.5, 0.6) is 5.88 Å². The zero-order valence-electron chi connectivity index (χ0n) is 12.5. The highest BCUT2D eigenvalue weighted by molar-refractivity contribution is 5.81. The molecule has 1 amide bonds. The minimum absolute atomic E-state index is 0.00397. The van der Waals surface area contributed by atoms with Gasteiger partial charge in [0.05, 0.1) is 6.04 Å². The van der Waals surface area contributed by atoms with Gasteiger partial charge in [0.1, 0.15) is 0 Å². The van der Waals surface area contributed by atoms with Gasteiger partial charge in [-0.3, -0.25) is 4.79 Å². The van der Waals surface area contributed by atoms with Crippen molar-refractivity contribution in [2.45, 2.75) is 39.0 Å². The monoisotopic (exact) mass is 319 g/mol. The Morgan fingerprint density at radius 3 is 2.77 bits per heavy atom. The van der Waals surface area contributed by atoms with Crippen LogP contribution in [-0.4, -0.2) is 29.7 Å². The zero-order valence-corrected chi connectivity index (χ0v) is 12.5. The van der Waals surface area contributed by atoms with Gasteiger partial charge in [0.25, 0.3) is 0 Å². The summed E-state index contributed by atoms with van der Waals surface area (Å²) in [7, 11) is 0. The van der Waals surface area contributed by atoms with Gasteiger partial charge >= 0.3 is 6.18 Å². The van der Waals surface area contributed by atoms with Gasteiger partial charge in [-0.1, -0.05) is 26.3 Å². The molecule has 1 rings (SSSR count). The number of carbonyl (C=O) groups is 1. The molecule has 0 saturated heterocycles. The Hall–Kier alpha value is -1.83. The molecule has 0 aliphatic heterocycles. The largest absolute Gasteiger partial charge is 0.468 e. The summed E-state index contributed by atoms with van der Waals surface area (Å²) >= 11 is 0. The van der Waals surface area contributed by atoms with Crippen LogP contribution in [0.3, 0.4) is 0 Å². The molecule has 124 valence electrons. The fraction of sp³-hybridized carbons (Fsp3) is 0.571. The molecule has 2 atom stereocenters. The van der Waals surface area contributed by atoms with Crippen LogP contribution >= 0.6 is 0 Å². The second-order valence-electron chi connectivity index (χ2n) is 5.00. The van der Waals surface area contributed by atoms with Crippen LogP contribution in [0.4, 0.5) is 13.2 Å². The van der Waals surface area contributed by atoms with Crippen molar-refractivity contribution in [3.05, 3.63) is 23.9 Å². The Balaban J connectivity index is 2.64. The number of ether oxygens (including phenoxy) is 1. The molecule has 0 fully saturated rings. The summed E-state index contributed by atoms with van der Waals surface area (Å²) in [6.45, 7) is 2.34. The number of halogens is 3. The molecule has 0 bridgehead atoms. The zero-order chi connectivity index (χ0) is 16.8. The molecule has 0 aliphatic rings. The molecule has 3 N–H and O–H groups in total. The van der Waals surface area contributed by atoms with Crippen molar-refractivity contribution in [3.8, 4) is 5.88 Å². The minimum Gasteiger partial charge on any atom is -0.468 e. The topological polar surface area (TPSA) is 77.2 Å². The maximum absolute atomic E-state index is 12.2. The van der Waals surface area contributed by atoms with E-state index in [2.05, 4.69) is 15.0 Å². The number of alkyl halides is 3. The molecular weight excluding hydrogens is 299 g/mol. The fourth-order valence-electron chi connectivity index (χ4n) is 1.65. The summed E-state index contributed by atoms with van der Waals surface area (Å²) in [6, 6.07) is 2.42. The molecule has 5 nitrogen and oxygen atoms in total. The molecule has 1 heterocycles. The van der Waals surface area contributed by atoms with Gasteiger partial charge in [0, 0.05) is 18.3 Å². The van der Waals surface area contributed by atoms with E-state index in [9.17, 15) is 18.0 Å². The Morgan fingerprint density at radius 2 is 2.18 bits per heavy atom. The fourth-order valence-corrected chi connectivity index (χ4v) is 1.65. The first-order chi connectivity index (χ1) is 10.2. The molecule has 0 aromatic carbocycles. The van der Waals surface area contributed by atoms with Gasteiger partial charge in [-0.15, -0.1) is 0 Å². The molecule has 8 heteroatoms. The number of nitrogens with zero attached hydrogens (tertiary/aromatic N) is 1. The van der Waals surface area contributed by atoms with E-state index < -0.39 is 18.8 Å². The smallest absolute Gasteiger partial charge is 0.422 e. The predicted octanol–water partition coefficient (Wildman–Crippen LogP) is 2.01. The highest BCUT2D eigenvalue weighted by atomic mass is 19.4. The first-order valence-corrected chi connectivity index (χ1v) is 6.91. The van der Waals surface area contributed by atoms with Gasteiger partial charge < -0.3 is 15.8 Å². The molecule has 1 aromatic rings. The number of nitrogens with one attached hydrogen (secondary N) is 1. The van der Waals surface area contributed by atoms with Crippen LogP contribution in [0, 0.1) is 5.92 Å². The van der Waals surface area contributed by atoms with E-state index in [1.54, 1.807) is 6.07 Å².